The molecule has 0 unspecified atom stereocenters. The number of hydrogen-bond acceptors (Lipinski definition) is 3. The summed E-state index contributed by atoms with van der Waals surface area (Å²) in [6.45, 7) is 1.80. The Morgan fingerprint density at radius 1 is 1.50 bits per heavy atom. The summed E-state index contributed by atoms with van der Waals surface area (Å²) in [5.74, 6) is 0.258. The minimum Gasteiger partial charge on any atom is -0.256 e. The molecular weight excluding hydrogens is 224 g/mol. The van der Waals surface area contributed by atoms with Crippen LogP contribution in [0.15, 0.2) is 12.3 Å². The van der Waals surface area contributed by atoms with E-state index in [1.807, 2.05) is 0 Å². The number of pyridine rings is 1. The smallest absolute Gasteiger partial charge is 0.233 e. The highest BCUT2D eigenvalue weighted by Crippen LogP contribution is 2.26. The third kappa shape index (κ3) is 2.16. The number of hydrogen-bond donors (Lipinski definition) is 0. The van der Waals surface area contributed by atoms with Crippen molar-refractivity contribution in [3.05, 3.63) is 22.8 Å². The van der Waals surface area contributed by atoms with E-state index in [2.05, 4.69) is 4.98 Å². The van der Waals surface area contributed by atoms with Crippen LogP contribution in [0.25, 0.3) is 0 Å². The summed E-state index contributed by atoms with van der Waals surface area (Å²) in [7, 11) is -1.89. The van der Waals surface area contributed by atoms with Gasteiger partial charge >= 0.3 is 0 Å². The highest BCUT2D eigenvalue weighted by molar-refractivity contribution is 7.92. The first-order valence-corrected chi connectivity index (χ1v) is 6.11. The van der Waals surface area contributed by atoms with E-state index in [1.165, 1.54) is 13.2 Å². The van der Waals surface area contributed by atoms with Crippen LogP contribution in [0.2, 0.25) is 5.02 Å². The topological polar surface area (TPSA) is 50.3 Å². The van der Waals surface area contributed by atoms with E-state index in [4.69, 9.17) is 11.6 Å². The number of rotatable bonds is 2. The lowest BCUT2D eigenvalue weighted by molar-refractivity contribution is 0.600. The molecule has 0 aromatic carbocycles. The summed E-state index contributed by atoms with van der Waals surface area (Å²) in [6, 6.07) is 1.72. The van der Waals surface area contributed by atoms with Gasteiger partial charge in [-0.05, 0) is 18.6 Å². The molecule has 0 aliphatic heterocycles. The lowest BCUT2D eigenvalue weighted by Gasteiger charge is -2.17. The average molecular weight is 235 g/mol. The molecule has 0 aliphatic carbocycles. The molecule has 0 N–H and O–H groups in total. The van der Waals surface area contributed by atoms with Gasteiger partial charge in [-0.3, -0.25) is 4.31 Å². The van der Waals surface area contributed by atoms with Gasteiger partial charge in [0.05, 0.1) is 11.3 Å². The summed E-state index contributed by atoms with van der Waals surface area (Å²) < 4.78 is 23.5. The van der Waals surface area contributed by atoms with E-state index in [0.717, 1.165) is 16.1 Å². The van der Waals surface area contributed by atoms with Gasteiger partial charge in [-0.1, -0.05) is 11.6 Å². The van der Waals surface area contributed by atoms with Gasteiger partial charge in [0.2, 0.25) is 10.0 Å². The lowest BCUT2D eigenvalue weighted by Crippen LogP contribution is -2.26. The van der Waals surface area contributed by atoms with Gasteiger partial charge in [-0.25, -0.2) is 13.4 Å². The van der Waals surface area contributed by atoms with Crippen molar-refractivity contribution in [3.63, 3.8) is 0 Å². The first kappa shape index (κ1) is 11.3. The maximum Gasteiger partial charge on any atom is 0.233 e. The highest BCUT2D eigenvalue weighted by atomic mass is 35.5. The van der Waals surface area contributed by atoms with Crippen molar-refractivity contribution < 1.29 is 8.42 Å². The molecule has 6 heteroatoms. The molecule has 1 aromatic heterocycles. The third-order valence-corrected chi connectivity index (χ3v) is 3.49. The molecule has 0 spiro atoms. The Labute approximate surface area is 88.6 Å². The zero-order valence-electron chi connectivity index (χ0n) is 8.15. The SMILES string of the molecule is Cc1ccnc(N(C)S(C)(=O)=O)c1Cl. The number of aromatic nitrogens is 1. The zero-order valence-corrected chi connectivity index (χ0v) is 9.72. The summed E-state index contributed by atoms with van der Waals surface area (Å²) in [6.07, 6.45) is 2.63. The van der Waals surface area contributed by atoms with Crippen molar-refractivity contribution in [1.82, 2.24) is 4.98 Å². The fourth-order valence-electron chi connectivity index (χ4n) is 0.902. The van der Waals surface area contributed by atoms with Crippen molar-refractivity contribution in [2.24, 2.45) is 0 Å². The summed E-state index contributed by atoms with van der Waals surface area (Å²) >= 11 is 5.93. The molecular formula is C8H11ClN2O2S. The zero-order chi connectivity index (χ0) is 10.9. The minimum atomic E-state index is -3.31. The van der Waals surface area contributed by atoms with Crippen LogP contribution in [0.4, 0.5) is 5.82 Å². The molecule has 0 bridgehead atoms. The Morgan fingerprint density at radius 3 is 2.57 bits per heavy atom. The van der Waals surface area contributed by atoms with Crippen molar-refractivity contribution in [2.45, 2.75) is 6.92 Å². The molecule has 0 amide bonds. The molecule has 4 nitrogen and oxygen atoms in total. The molecule has 0 radical (unpaired) electrons. The molecule has 0 saturated heterocycles. The van der Waals surface area contributed by atoms with Gasteiger partial charge < -0.3 is 0 Å². The van der Waals surface area contributed by atoms with E-state index in [0.29, 0.717) is 5.02 Å². The maximum atomic E-state index is 11.2. The average Bonchev–Trinajstić information content (AvgIpc) is 2.07. The van der Waals surface area contributed by atoms with Crippen molar-refractivity contribution in [2.75, 3.05) is 17.6 Å². The van der Waals surface area contributed by atoms with Crippen molar-refractivity contribution >= 4 is 27.4 Å². The number of nitrogens with zero attached hydrogens (tertiary/aromatic N) is 2. The van der Waals surface area contributed by atoms with Crippen molar-refractivity contribution in [1.29, 1.82) is 0 Å². The Balaban J connectivity index is 3.28. The summed E-state index contributed by atoms with van der Waals surface area (Å²) in [5.41, 5.74) is 0.798. The van der Waals surface area contributed by atoms with Crippen LogP contribution in [0, 0.1) is 6.92 Å². The van der Waals surface area contributed by atoms with Crippen LogP contribution in [0.3, 0.4) is 0 Å². The Kier molecular flexibility index (Phi) is 3.01. The lowest BCUT2D eigenvalue weighted by atomic mass is 10.3. The molecule has 0 saturated carbocycles. The maximum absolute atomic E-state index is 11.2. The molecule has 78 valence electrons. The van der Waals surface area contributed by atoms with Gasteiger partial charge in [-0.15, -0.1) is 0 Å². The normalized spacial score (nSPS) is 11.4. The molecule has 14 heavy (non-hydrogen) atoms. The first-order chi connectivity index (χ1) is 6.34. The van der Waals surface area contributed by atoms with Crippen LogP contribution in [0.5, 0.6) is 0 Å². The number of sulfonamides is 1. The van der Waals surface area contributed by atoms with Crippen LogP contribution in [-0.4, -0.2) is 26.7 Å². The largest absolute Gasteiger partial charge is 0.256 e. The predicted molar refractivity (Wildman–Crippen MR) is 57.2 cm³/mol. The predicted octanol–water partition coefficient (Wildman–Crippen LogP) is 1.44. The summed E-state index contributed by atoms with van der Waals surface area (Å²) in [4.78, 5) is 3.92. The fraction of sp³-hybridized carbons (Fsp3) is 0.375. The minimum absolute atomic E-state index is 0.258. The summed E-state index contributed by atoms with van der Waals surface area (Å²) in [5, 5.41) is 0.362. The number of halogens is 1. The Bertz CT molecular complexity index is 445. The fourth-order valence-corrected chi connectivity index (χ4v) is 1.64. The van der Waals surface area contributed by atoms with E-state index in [9.17, 15) is 8.42 Å². The van der Waals surface area contributed by atoms with E-state index in [-0.39, 0.29) is 5.82 Å². The molecule has 1 heterocycles. The van der Waals surface area contributed by atoms with Gasteiger partial charge in [-0.2, -0.15) is 0 Å². The van der Waals surface area contributed by atoms with Crippen LogP contribution < -0.4 is 4.31 Å². The number of aryl methyl sites for hydroxylation is 1. The van der Waals surface area contributed by atoms with Gasteiger partial charge in [0, 0.05) is 13.2 Å². The second kappa shape index (κ2) is 3.74. The second-order valence-corrected chi connectivity index (χ2v) is 5.39. The molecule has 1 aromatic rings. The molecule has 0 atom stereocenters. The first-order valence-electron chi connectivity index (χ1n) is 3.89. The Morgan fingerprint density at radius 2 is 2.07 bits per heavy atom. The van der Waals surface area contributed by atoms with Crippen LogP contribution in [-0.2, 0) is 10.0 Å². The van der Waals surface area contributed by atoms with Gasteiger partial charge in [0.1, 0.15) is 0 Å². The second-order valence-electron chi connectivity index (χ2n) is 3.00. The van der Waals surface area contributed by atoms with Crippen molar-refractivity contribution in [3.8, 4) is 0 Å². The molecule has 0 fully saturated rings. The number of anilines is 1. The van der Waals surface area contributed by atoms with Crippen LogP contribution >= 0.6 is 11.6 Å². The third-order valence-electron chi connectivity index (χ3n) is 1.86. The quantitative estimate of drug-likeness (QED) is 0.778. The standard InChI is InChI=1S/C8H11ClN2O2S/c1-6-4-5-10-8(7(6)9)11(2)14(3,12)13/h4-5H,1-3H3. The van der Waals surface area contributed by atoms with E-state index in [1.54, 1.807) is 13.0 Å². The molecule has 1 rings (SSSR count). The van der Waals surface area contributed by atoms with Crippen LogP contribution in [0.1, 0.15) is 5.56 Å². The monoisotopic (exact) mass is 234 g/mol. The highest BCUT2D eigenvalue weighted by Gasteiger charge is 2.17. The van der Waals surface area contributed by atoms with E-state index >= 15 is 0 Å². The van der Waals surface area contributed by atoms with E-state index < -0.39 is 10.0 Å². The Hall–Kier alpha value is -0.810. The van der Waals surface area contributed by atoms with Gasteiger partial charge in [0.15, 0.2) is 5.82 Å². The molecule has 0 aliphatic rings. The van der Waals surface area contributed by atoms with Gasteiger partial charge in [0.25, 0.3) is 0 Å².